The highest BCUT2D eigenvalue weighted by molar-refractivity contribution is 5.76. The first-order valence-corrected chi connectivity index (χ1v) is 7.30. The van der Waals surface area contributed by atoms with E-state index in [-0.39, 0.29) is 11.9 Å². The van der Waals surface area contributed by atoms with Crippen LogP contribution in [0.3, 0.4) is 0 Å². The number of benzene rings is 1. The van der Waals surface area contributed by atoms with Crippen LogP contribution in [-0.2, 0) is 17.8 Å². The van der Waals surface area contributed by atoms with E-state index in [0.717, 1.165) is 32.4 Å². The molecule has 0 aromatic heterocycles. The Morgan fingerprint density at radius 2 is 2.16 bits per heavy atom. The van der Waals surface area contributed by atoms with Gasteiger partial charge in [-0.15, -0.1) is 0 Å². The van der Waals surface area contributed by atoms with Gasteiger partial charge in [-0.1, -0.05) is 38.5 Å². The fourth-order valence-electron chi connectivity index (χ4n) is 2.72. The molecule has 0 bridgehead atoms. The molecule has 1 amide bonds. The van der Waals surface area contributed by atoms with E-state index in [1.807, 2.05) is 11.8 Å². The van der Waals surface area contributed by atoms with Gasteiger partial charge in [0.1, 0.15) is 0 Å². The monoisotopic (exact) mass is 260 g/mol. The summed E-state index contributed by atoms with van der Waals surface area (Å²) in [7, 11) is 0. The summed E-state index contributed by atoms with van der Waals surface area (Å²) in [6, 6.07) is 6.65. The molecule has 1 aromatic carbocycles. The summed E-state index contributed by atoms with van der Waals surface area (Å²) in [6.07, 6.45) is 3.66. The van der Waals surface area contributed by atoms with Crippen LogP contribution in [0.1, 0.15) is 55.8 Å². The predicted molar refractivity (Wildman–Crippen MR) is 77.7 cm³/mol. The van der Waals surface area contributed by atoms with Gasteiger partial charge in [-0.05, 0) is 29.5 Å². The Labute approximate surface area is 115 Å². The number of hydrogen-bond acceptors (Lipinski definition) is 2. The van der Waals surface area contributed by atoms with E-state index in [4.69, 9.17) is 5.73 Å². The first kappa shape index (κ1) is 14.1. The van der Waals surface area contributed by atoms with Gasteiger partial charge in [-0.3, -0.25) is 4.79 Å². The molecule has 104 valence electrons. The summed E-state index contributed by atoms with van der Waals surface area (Å²) in [5.74, 6) is 0.244. The third-order valence-corrected chi connectivity index (χ3v) is 3.93. The molecule has 0 aliphatic carbocycles. The Bertz CT molecular complexity index is 456. The highest BCUT2D eigenvalue weighted by atomic mass is 16.2. The molecule has 19 heavy (non-hydrogen) atoms. The number of amides is 1. The van der Waals surface area contributed by atoms with Crippen molar-refractivity contribution in [3.05, 3.63) is 34.9 Å². The number of carbonyl (C=O) groups excluding carboxylic acids is 1. The largest absolute Gasteiger partial charge is 0.338 e. The lowest BCUT2D eigenvalue weighted by atomic mass is 9.93. The normalized spacial score (nSPS) is 16.1. The van der Waals surface area contributed by atoms with E-state index in [2.05, 4.69) is 25.1 Å². The molecule has 0 radical (unpaired) electrons. The Kier molecular flexibility index (Phi) is 4.59. The fraction of sp³-hybridized carbons (Fsp3) is 0.562. The lowest BCUT2D eigenvalue weighted by Gasteiger charge is -2.29. The summed E-state index contributed by atoms with van der Waals surface area (Å²) in [5, 5.41) is 0. The SMILES string of the molecule is CCCC(N)c1ccc2c(c1)CN(C(=O)CC)CC2. The highest BCUT2D eigenvalue weighted by Gasteiger charge is 2.20. The van der Waals surface area contributed by atoms with Crippen molar-refractivity contribution in [2.75, 3.05) is 6.54 Å². The lowest BCUT2D eigenvalue weighted by molar-refractivity contribution is -0.131. The summed E-state index contributed by atoms with van der Waals surface area (Å²) >= 11 is 0. The molecule has 0 spiro atoms. The van der Waals surface area contributed by atoms with Crippen LogP contribution in [0.2, 0.25) is 0 Å². The van der Waals surface area contributed by atoms with Crippen LogP contribution in [0, 0.1) is 0 Å². The van der Waals surface area contributed by atoms with Gasteiger partial charge in [0.05, 0.1) is 0 Å². The number of nitrogens with two attached hydrogens (primary N) is 1. The zero-order valence-corrected chi connectivity index (χ0v) is 12.0. The van der Waals surface area contributed by atoms with E-state index < -0.39 is 0 Å². The average molecular weight is 260 g/mol. The molecule has 0 saturated heterocycles. The van der Waals surface area contributed by atoms with Crippen molar-refractivity contribution in [1.82, 2.24) is 4.90 Å². The Morgan fingerprint density at radius 1 is 1.37 bits per heavy atom. The van der Waals surface area contributed by atoms with Crippen molar-refractivity contribution in [1.29, 1.82) is 0 Å². The van der Waals surface area contributed by atoms with Crippen molar-refractivity contribution >= 4 is 5.91 Å². The zero-order valence-electron chi connectivity index (χ0n) is 12.0. The number of rotatable bonds is 4. The second-order valence-electron chi connectivity index (χ2n) is 5.34. The van der Waals surface area contributed by atoms with Crippen LogP contribution in [0.4, 0.5) is 0 Å². The van der Waals surface area contributed by atoms with Gasteiger partial charge in [0, 0.05) is 25.6 Å². The highest BCUT2D eigenvalue weighted by Crippen LogP contribution is 2.24. The molecule has 3 nitrogen and oxygen atoms in total. The first-order valence-electron chi connectivity index (χ1n) is 7.30. The van der Waals surface area contributed by atoms with Gasteiger partial charge in [0.25, 0.3) is 0 Å². The topological polar surface area (TPSA) is 46.3 Å². The minimum absolute atomic E-state index is 0.118. The molecule has 3 heteroatoms. The van der Waals surface area contributed by atoms with Crippen molar-refractivity contribution in [2.24, 2.45) is 5.73 Å². The van der Waals surface area contributed by atoms with E-state index in [1.165, 1.54) is 16.7 Å². The van der Waals surface area contributed by atoms with Crippen molar-refractivity contribution in [2.45, 2.75) is 52.1 Å². The Morgan fingerprint density at radius 3 is 2.84 bits per heavy atom. The molecule has 2 N–H and O–H groups in total. The molecule has 0 saturated carbocycles. The van der Waals surface area contributed by atoms with Gasteiger partial charge < -0.3 is 10.6 Å². The summed E-state index contributed by atoms with van der Waals surface area (Å²) < 4.78 is 0. The number of carbonyl (C=O) groups is 1. The molecule has 1 heterocycles. The van der Waals surface area contributed by atoms with Crippen molar-refractivity contribution < 1.29 is 4.79 Å². The molecule has 1 atom stereocenters. The van der Waals surface area contributed by atoms with Crippen molar-refractivity contribution in [3.63, 3.8) is 0 Å². The van der Waals surface area contributed by atoms with Crippen LogP contribution < -0.4 is 5.73 Å². The summed E-state index contributed by atoms with van der Waals surface area (Å²) in [5.41, 5.74) is 10.0. The van der Waals surface area contributed by atoms with E-state index in [1.54, 1.807) is 0 Å². The molecule has 0 fully saturated rings. The van der Waals surface area contributed by atoms with Crippen LogP contribution in [-0.4, -0.2) is 17.4 Å². The fourth-order valence-corrected chi connectivity index (χ4v) is 2.72. The van der Waals surface area contributed by atoms with Gasteiger partial charge in [0.2, 0.25) is 5.91 Å². The summed E-state index contributed by atoms with van der Waals surface area (Å²) in [4.78, 5) is 13.8. The average Bonchev–Trinajstić information content (AvgIpc) is 2.45. The standard InChI is InChI=1S/C16H24N2O/c1-3-5-15(17)13-7-6-12-8-9-18(16(19)4-2)11-14(12)10-13/h6-7,10,15H,3-5,8-9,11,17H2,1-2H3. The number of nitrogens with zero attached hydrogens (tertiary/aromatic N) is 1. The van der Waals surface area contributed by atoms with Gasteiger partial charge in [-0.25, -0.2) is 0 Å². The molecule has 1 aliphatic rings. The quantitative estimate of drug-likeness (QED) is 0.905. The van der Waals surface area contributed by atoms with Crippen LogP contribution in [0.15, 0.2) is 18.2 Å². The molecular formula is C16H24N2O. The third kappa shape index (κ3) is 3.16. The lowest BCUT2D eigenvalue weighted by Crippen LogP contribution is -2.35. The van der Waals surface area contributed by atoms with E-state index in [0.29, 0.717) is 6.42 Å². The van der Waals surface area contributed by atoms with Crippen LogP contribution in [0.25, 0.3) is 0 Å². The van der Waals surface area contributed by atoms with Gasteiger partial charge in [0.15, 0.2) is 0 Å². The Hall–Kier alpha value is -1.35. The second-order valence-corrected chi connectivity index (χ2v) is 5.34. The van der Waals surface area contributed by atoms with E-state index >= 15 is 0 Å². The maximum absolute atomic E-state index is 11.8. The minimum atomic E-state index is 0.118. The van der Waals surface area contributed by atoms with Crippen LogP contribution in [0.5, 0.6) is 0 Å². The van der Waals surface area contributed by atoms with Crippen molar-refractivity contribution in [3.8, 4) is 0 Å². The molecule has 1 aromatic rings. The maximum atomic E-state index is 11.8. The predicted octanol–water partition coefficient (Wildman–Crippen LogP) is 2.78. The molecule has 1 aliphatic heterocycles. The zero-order chi connectivity index (χ0) is 13.8. The van der Waals surface area contributed by atoms with E-state index in [9.17, 15) is 4.79 Å². The van der Waals surface area contributed by atoms with Crippen LogP contribution >= 0.6 is 0 Å². The van der Waals surface area contributed by atoms with Gasteiger partial charge in [-0.2, -0.15) is 0 Å². The minimum Gasteiger partial charge on any atom is -0.338 e. The number of fused-ring (bicyclic) bond motifs is 1. The summed E-state index contributed by atoms with van der Waals surface area (Å²) in [6.45, 7) is 5.67. The maximum Gasteiger partial charge on any atom is 0.222 e. The smallest absolute Gasteiger partial charge is 0.222 e. The third-order valence-electron chi connectivity index (χ3n) is 3.93. The molecular weight excluding hydrogens is 236 g/mol. The molecule has 1 unspecified atom stereocenters. The molecule has 2 rings (SSSR count). The Balaban J connectivity index is 2.17. The second kappa shape index (κ2) is 6.20. The van der Waals surface area contributed by atoms with Gasteiger partial charge >= 0.3 is 0 Å². The number of hydrogen-bond donors (Lipinski definition) is 1. The first-order chi connectivity index (χ1) is 9.15.